The van der Waals surface area contributed by atoms with E-state index < -0.39 is 64.0 Å². The highest BCUT2D eigenvalue weighted by molar-refractivity contribution is 6.25. The molecule has 9 heteroatoms. The van der Waals surface area contributed by atoms with Gasteiger partial charge in [-0.1, -0.05) is 12.1 Å². The van der Waals surface area contributed by atoms with Crippen molar-refractivity contribution < 1.29 is 39.5 Å². The van der Waals surface area contributed by atoms with E-state index in [1.54, 1.807) is 33.2 Å². The number of phenolic OH excluding ortho intramolecular Hbond substituents is 1. The van der Waals surface area contributed by atoms with Gasteiger partial charge in [0.15, 0.2) is 17.2 Å². The number of hydrogen-bond acceptors (Lipinski definition) is 9. The number of carbonyl (C=O) groups is 3. The maximum absolute atomic E-state index is 13.5. The van der Waals surface area contributed by atoms with Crippen molar-refractivity contribution in [3.63, 3.8) is 0 Å². The van der Waals surface area contributed by atoms with Crippen LogP contribution in [0.5, 0.6) is 5.75 Å². The molecule has 0 unspecified atom stereocenters. The fraction of sp³-hybridized carbons (Fsp3) is 0.458. The average molecular weight is 457 g/mol. The number of hydrogen-bond donors (Lipinski definition) is 4. The predicted octanol–water partition coefficient (Wildman–Crippen LogP) is 1.24. The monoisotopic (exact) mass is 457 g/mol. The Kier molecular flexibility index (Phi) is 5.47. The smallest absolute Gasteiger partial charge is 0.209 e. The number of fused-ring (bicyclic) bond motifs is 3. The predicted molar refractivity (Wildman–Crippen MR) is 116 cm³/mol. The van der Waals surface area contributed by atoms with Crippen LogP contribution in [0.15, 0.2) is 40.9 Å². The third kappa shape index (κ3) is 2.99. The molecular formula is C24H27NO8. The SMILES string of the molecule is CCO[C@@H]1[C@H]2[C@H](N(C)C)C(O)=C(C(C)=O)C(=O)[C@@]2(O)C(O)=C2C(=O)c3c(O)cccc3C[C@H]21. The summed E-state index contributed by atoms with van der Waals surface area (Å²) in [6, 6.07) is 3.58. The average Bonchev–Trinajstić information content (AvgIpc) is 2.72. The first kappa shape index (κ1) is 23.2. The molecule has 0 saturated heterocycles. The minimum absolute atomic E-state index is 0.00908. The van der Waals surface area contributed by atoms with Gasteiger partial charge in [0.25, 0.3) is 0 Å². The fourth-order valence-electron chi connectivity index (χ4n) is 5.69. The molecule has 0 bridgehead atoms. The molecule has 5 atom stereocenters. The lowest BCUT2D eigenvalue weighted by atomic mass is 9.57. The number of ether oxygens (including phenoxy) is 1. The zero-order chi connectivity index (χ0) is 24.4. The zero-order valence-electron chi connectivity index (χ0n) is 18.8. The number of Topliss-reactive ketones (excluding diaryl/α,β-unsaturated/α-hetero) is 3. The van der Waals surface area contributed by atoms with Crippen LogP contribution >= 0.6 is 0 Å². The van der Waals surface area contributed by atoms with Crippen LogP contribution in [0.4, 0.5) is 0 Å². The molecule has 1 aromatic carbocycles. The van der Waals surface area contributed by atoms with Gasteiger partial charge in [-0.25, -0.2) is 0 Å². The lowest BCUT2D eigenvalue weighted by molar-refractivity contribution is -0.167. The highest BCUT2D eigenvalue weighted by Gasteiger charge is 2.66. The highest BCUT2D eigenvalue weighted by Crippen LogP contribution is 2.53. The summed E-state index contributed by atoms with van der Waals surface area (Å²) in [4.78, 5) is 40.7. The van der Waals surface area contributed by atoms with Crippen molar-refractivity contribution in [2.45, 2.75) is 38.0 Å². The van der Waals surface area contributed by atoms with E-state index in [9.17, 15) is 34.8 Å². The van der Waals surface area contributed by atoms with Crippen molar-refractivity contribution >= 4 is 17.3 Å². The van der Waals surface area contributed by atoms with E-state index in [1.807, 2.05) is 0 Å². The summed E-state index contributed by atoms with van der Waals surface area (Å²) >= 11 is 0. The molecule has 0 aliphatic heterocycles. The molecule has 176 valence electrons. The zero-order valence-corrected chi connectivity index (χ0v) is 18.8. The Balaban J connectivity index is 2.05. The summed E-state index contributed by atoms with van der Waals surface area (Å²) in [5, 5.41) is 44.3. The molecule has 4 rings (SSSR count). The minimum atomic E-state index is -2.68. The number of rotatable bonds is 4. The van der Waals surface area contributed by atoms with Gasteiger partial charge in [0.05, 0.1) is 23.6 Å². The second-order valence-electron chi connectivity index (χ2n) is 8.98. The van der Waals surface area contributed by atoms with Crippen LogP contribution in [0, 0.1) is 11.8 Å². The Labute approximate surface area is 190 Å². The van der Waals surface area contributed by atoms with Gasteiger partial charge in [0.1, 0.15) is 22.8 Å². The number of carbonyl (C=O) groups excluding carboxylic acids is 3. The topological polar surface area (TPSA) is 145 Å². The van der Waals surface area contributed by atoms with Crippen LogP contribution in [0.3, 0.4) is 0 Å². The van der Waals surface area contributed by atoms with Crippen molar-refractivity contribution in [2.24, 2.45) is 11.8 Å². The van der Waals surface area contributed by atoms with Gasteiger partial charge in [-0.2, -0.15) is 0 Å². The number of aliphatic hydroxyl groups is 3. The van der Waals surface area contributed by atoms with E-state index >= 15 is 0 Å². The summed E-state index contributed by atoms with van der Waals surface area (Å²) in [6.07, 6.45) is -0.762. The van der Waals surface area contributed by atoms with E-state index in [0.717, 1.165) is 6.92 Å². The van der Waals surface area contributed by atoms with Crippen molar-refractivity contribution in [1.29, 1.82) is 0 Å². The summed E-state index contributed by atoms with van der Waals surface area (Å²) < 4.78 is 5.98. The first-order chi connectivity index (χ1) is 15.5. The van der Waals surface area contributed by atoms with Gasteiger partial charge in [0.2, 0.25) is 5.78 Å². The molecule has 0 saturated carbocycles. The van der Waals surface area contributed by atoms with Gasteiger partial charge < -0.3 is 25.2 Å². The van der Waals surface area contributed by atoms with Crippen LogP contribution < -0.4 is 0 Å². The second kappa shape index (κ2) is 7.79. The molecule has 3 aliphatic rings. The molecule has 0 aromatic heterocycles. The number of aromatic hydroxyl groups is 1. The van der Waals surface area contributed by atoms with Gasteiger partial charge >= 0.3 is 0 Å². The molecule has 0 fully saturated rings. The minimum Gasteiger partial charge on any atom is -0.510 e. The number of aliphatic hydroxyl groups excluding tert-OH is 2. The van der Waals surface area contributed by atoms with E-state index in [-0.39, 0.29) is 29.9 Å². The lowest BCUT2D eigenvalue weighted by Gasteiger charge is -2.53. The molecule has 9 nitrogen and oxygen atoms in total. The van der Waals surface area contributed by atoms with Crippen molar-refractivity contribution in [1.82, 2.24) is 4.90 Å². The molecule has 0 heterocycles. The molecular weight excluding hydrogens is 430 g/mol. The number of likely N-dealkylation sites (N-methyl/N-ethyl adjacent to an activating group) is 1. The Morgan fingerprint density at radius 1 is 1.21 bits per heavy atom. The van der Waals surface area contributed by atoms with Crippen molar-refractivity contribution in [3.05, 3.63) is 52.0 Å². The summed E-state index contributed by atoms with van der Waals surface area (Å²) in [5.74, 6) is -6.28. The molecule has 4 N–H and O–H groups in total. The normalized spacial score (nSPS) is 31.5. The number of benzene rings is 1. The summed E-state index contributed by atoms with van der Waals surface area (Å²) in [6.45, 7) is 2.96. The Morgan fingerprint density at radius 3 is 2.45 bits per heavy atom. The Bertz CT molecular complexity index is 1130. The van der Waals surface area contributed by atoms with Gasteiger partial charge in [-0.3, -0.25) is 19.3 Å². The third-order valence-corrected chi connectivity index (χ3v) is 6.98. The van der Waals surface area contributed by atoms with E-state index in [1.165, 1.54) is 11.0 Å². The quantitative estimate of drug-likeness (QED) is 0.491. The van der Waals surface area contributed by atoms with E-state index in [2.05, 4.69) is 0 Å². The first-order valence-electron chi connectivity index (χ1n) is 10.8. The Morgan fingerprint density at radius 2 is 1.88 bits per heavy atom. The number of nitrogens with zero attached hydrogens (tertiary/aromatic N) is 1. The third-order valence-electron chi connectivity index (χ3n) is 6.98. The van der Waals surface area contributed by atoms with Gasteiger partial charge in [0, 0.05) is 18.1 Å². The fourth-order valence-corrected chi connectivity index (χ4v) is 5.69. The molecule has 0 amide bonds. The van der Waals surface area contributed by atoms with Crippen molar-refractivity contribution in [2.75, 3.05) is 20.7 Å². The van der Waals surface area contributed by atoms with E-state index in [4.69, 9.17) is 4.74 Å². The molecule has 1 aromatic rings. The molecule has 0 spiro atoms. The van der Waals surface area contributed by atoms with Gasteiger partial charge in [-0.05, 0) is 46.0 Å². The second-order valence-corrected chi connectivity index (χ2v) is 8.98. The highest BCUT2D eigenvalue weighted by atomic mass is 16.5. The van der Waals surface area contributed by atoms with Gasteiger partial charge in [-0.15, -0.1) is 0 Å². The first-order valence-corrected chi connectivity index (χ1v) is 10.8. The molecule has 33 heavy (non-hydrogen) atoms. The maximum Gasteiger partial charge on any atom is 0.209 e. The van der Waals surface area contributed by atoms with E-state index in [0.29, 0.717) is 5.56 Å². The Hall–Kier alpha value is -3.01. The summed E-state index contributed by atoms with van der Waals surface area (Å²) in [7, 11) is 3.21. The number of ketones is 3. The van der Waals surface area contributed by atoms with Crippen LogP contribution in [0.1, 0.15) is 29.8 Å². The lowest BCUT2D eigenvalue weighted by Crippen LogP contribution is -2.68. The van der Waals surface area contributed by atoms with Crippen LogP contribution in [-0.4, -0.2) is 81.1 Å². The largest absolute Gasteiger partial charge is 0.510 e. The van der Waals surface area contributed by atoms with Crippen LogP contribution in [0.25, 0.3) is 0 Å². The standard InChI is InChI=1S/C24H27NO8/c1-5-33-21-12-9-11-7-6-8-13(27)15(11)19(28)16(12)23(31)24(32)17(21)18(25(3)4)20(29)14(10(2)26)22(24)30/h6-8,12,17-18,21,27,29,31-32H,5,9H2,1-4H3/t12-,17-,18+,21+,24-/m1/s1. The number of phenols is 1. The molecule has 3 aliphatic carbocycles. The van der Waals surface area contributed by atoms with Crippen molar-refractivity contribution in [3.8, 4) is 5.75 Å². The van der Waals surface area contributed by atoms with Crippen LogP contribution in [-0.2, 0) is 20.7 Å². The summed E-state index contributed by atoms with van der Waals surface area (Å²) in [5.41, 5.74) is -2.99. The maximum atomic E-state index is 13.5. The van der Waals surface area contributed by atoms with Crippen LogP contribution in [0.2, 0.25) is 0 Å². The molecule has 0 radical (unpaired) electrons.